The molecule has 0 fully saturated rings. The lowest BCUT2D eigenvalue weighted by Gasteiger charge is -2.11. The third kappa shape index (κ3) is 4.05. The van der Waals surface area contributed by atoms with Crippen LogP contribution in [0.5, 0.6) is 5.75 Å². The number of halogens is 4. The summed E-state index contributed by atoms with van der Waals surface area (Å²) in [6.07, 6.45) is 0. The molecule has 0 radical (unpaired) electrons. The SMILES string of the molecule is O=C(O)c1ccc(COc2c(Br)cc(Br)cc2Br)cc1F. The summed E-state index contributed by atoms with van der Waals surface area (Å²) in [6.45, 7) is 0.121. The van der Waals surface area contributed by atoms with Gasteiger partial charge in [0.2, 0.25) is 0 Å². The molecule has 2 aromatic rings. The zero-order chi connectivity index (χ0) is 15.6. The van der Waals surface area contributed by atoms with E-state index >= 15 is 0 Å². The first kappa shape index (κ1) is 16.5. The van der Waals surface area contributed by atoms with E-state index in [1.165, 1.54) is 12.1 Å². The Kier molecular flexibility index (Phi) is 5.40. The normalized spacial score (nSPS) is 10.5. The summed E-state index contributed by atoms with van der Waals surface area (Å²) < 4.78 is 21.6. The second-order valence-corrected chi connectivity index (χ2v) is 6.73. The molecule has 0 aromatic heterocycles. The van der Waals surface area contributed by atoms with Crippen molar-refractivity contribution in [3.63, 3.8) is 0 Å². The lowest BCUT2D eigenvalue weighted by atomic mass is 10.1. The Morgan fingerprint density at radius 2 is 1.76 bits per heavy atom. The molecule has 0 saturated carbocycles. The van der Waals surface area contributed by atoms with Gasteiger partial charge in [0.15, 0.2) is 0 Å². The molecular weight excluding hydrogens is 475 g/mol. The van der Waals surface area contributed by atoms with E-state index < -0.39 is 11.8 Å². The fourth-order valence-electron chi connectivity index (χ4n) is 1.64. The number of carboxylic acid groups (broad SMARTS) is 1. The lowest BCUT2D eigenvalue weighted by Crippen LogP contribution is -2.03. The third-order valence-corrected chi connectivity index (χ3v) is 4.25. The van der Waals surface area contributed by atoms with Gasteiger partial charge in [-0.2, -0.15) is 0 Å². The Labute approximate surface area is 145 Å². The van der Waals surface area contributed by atoms with Gasteiger partial charge < -0.3 is 9.84 Å². The van der Waals surface area contributed by atoms with Crippen molar-refractivity contribution in [2.45, 2.75) is 6.61 Å². The second kappa shape index (κ2) is 6.89. The van der Waals surface area contributed by atoms with Gasteiger partial charge in [0, 0.05) is 4.47 Å². The molecule has 0 amide bonds. The van der Waals surface area contributed by atoms with Crippen LogP contribution in [0.3, 0.4) is 0 Å². The number of hydrogen-bond donors (Lipinski definition) is 1. The maximum Gasteiger partial charge on any atom is 0.338 e. The van der Waals surface area contributed by atoms with Crippen LogP contribution in [-0.2, 0) is 6.61 Å². The predicted octanol–water partition coefficient (Wildman–Crippen LogP) is 5.39. The molecule has 0 unspecified atom stereocenters. The number of carbonyl (C=O) groups is 1. The highest BCUT2D eigenvalue weighted by Crippen LogP contribution is 2.36. The Balaban J connectivity index is 2.17. The summed E-state index contributed by atoms with van der Waals surface area (Å²) in [6, 6.07) is 7.56. The second-order valence-electron chi connectivity index (χ2n) is 4.11. The summed E-state index contributed by atoms with van der Waals surface area (Å²) in [4.78, 5) is 10.7. The van der Waals surface area contributed by atoms with Crippen molar-refractivity contribution >= 4 is 53.8 Å². The maximum absolute atomic E-state index is 13.6. The smallest absolute Gasteiger partial charge is 0.338 e. The van der Waals surface area contributed by atoms with Crippen LogP contribution in [0.2, 0.25) is 0 Å². The molecule has 0 bridgehead atoms. The maximum atomic E-state index is 13.6. The highest BCUT2D eigenvalue weighted by molar-refractivity contribution is 9.11. The predicted molar refractivity (Wildman–Crippen MR) is 87.2 cm³/mol. The summed E-state index contributed by atoms with van der Waals surface area (Å²) >= 11 is 10.1. The molecule has 110 valence electrons. The van der Waals surface area contributed by atoms with Crippen molar-refractivity contribution in [1.29, 1.82) is 0 Å². The van der Waals surface area contributed by atoms with Crippen molar-refractivity contribution < 1.29 is 19.0 Å². The number of carboxylic acids is 1. The van der Waals surface area contributed by atoms with Crippen LogP contribution in [0.15, 0.2) is 43.7 Å². The van der Waals surface area contributed by atoms with Crippen LogP contribution < -0.4 is 4.74 Å². The standard InChI is InChI=1S/C14H8Br3FO3/c15-8-4-10(16)13(11(17)5-8)21-6-7-1-2-9(14(19)20)12(18)3-7/h1-5H,6H2,(H,19,20). The van der Waals surface area contributed by atoms with E-state index in [4.69, 9.17) is 9.84 Å². The molecular formula is C14H8Br3FO3. The molecule has 0 aliphatic rings. The summed E-state index contributed by atoms with van der Waals surface area (Å²) in [7, 11) is 0. The number of hydrogen-bond acceptors (Lipinski definition) is 2. The lowest BCUT2D eigenvalue weighted by molar-refractivity contribution is 0.0692. The van der Waals surface area contributed by atoms with Crippen LogP contribution in [0.1, 0.15) is 15.9 Å². The Hall–Kier alpha value is -0.920. The fraction of sp³-hybridized carbons (Fsp3) is 0.0714. The number of aromatic carboxylic acids is 1. The molecule has 0 heterocycles. The first-order valence-corrected chi connectivity index (χ1v) is 8.05. The van der Waals surface area contributed by atoms with E-state index in [9.17, 15) is 9.18 Å². The molecule has 0 spiro atoms. The topological polar surface area (TPSA) is 46.5 Å². The minimum absolute atomic E-state index is 0.121. The number of rotatable bonds is 4. The van der Waals surface area contributed by atoms with E-state index in [2.05, 4.69) is 47.8 Å². The molecule has 0 aliphatic heterocycles. The van der Waals surface area contributed by atoms with Gasteiger partial charge in [0.1, 0.15) is 18.2 Å². The van der Waals surface area contributed by atoms with Gasteiger partial charge in [-0.15, -0.1) is 0 Å². The van der Waals surface area contributed by atoms with Crippen molar-refractivity contribution in [2.75, 3.05) is 0 Å². The highest BCUT2D eigenvalue weighted by Gasteiger charge is 2.12. The largest absolute Gasteiger partial charge is 0.487 e. The third-order valence-electron chi connectivity index (χ3n) is 2.61. The van der Waals surface area contributed by atoms with Gasteiger partial charge >= 0.3 is 5.97 Å². The van der Waals surface area contributed by atoms with Crippen LogP contribution in [0.25, 0.3) is 0 Å². The van der Waals surface area contributed by atoms with Crippen LogP contribution in [0.4, 0.5) is 4.39 Å². The first-order valence-electron chi connectivity index (χ1n) is 5.67. The van der Waals surface area contributed by atoms with Gasteiger partial charge in [-0.1, -0.05) is 22.0 Å². The van der Waals surface area contributed by atoms with E-state index in [0.717, 1.165) is 19.5 Å². The molecule has 2 aromatic carbocycles. The average molecular weight is 483 g/mol. The number of benzene rings is 2. The minimum Gasteiger partial charge on any atom is -0.487 e. The van der Waals surface area contributed by atoms with Gasteiger partial charge in [0.25, 0.3) is 0 Å². The molecule has 2 rings (SSSR count). The molecule has 1 N–H and O–H groups in total. The summed E-state index contributed by atoms with van der Waals surface area (Å²) in [5.74, 6) is -1.49. The Morgan fingerprint density at radius 1 is 1.14 bits per heavy atom. The van der Waals surface area contributed by atoms with Crippen LogP contribution in [0, 0.1) is 5.82 Å². The average Bonchev–Trinajstić information content (AvgIpc) is 2.36. The van der Waals surface area contributed by atoms with Crippen molar-refractivity contribution in [3.8, 4) is 5.75 Å². The molecule has 3 nitrogen and oxygen atoms in total. The van der Waals surface area contributed by atoms with Crippen LogP contribution in [-0.4, -0.2) is 11.1 Å². The van der Waals surface area contributed by atoms with Crippen LogP contribution >= 0.6 is 47.8 Å². The summed E-state index contributed by atoms with van der Waals surface area (Å²) in [5.41, 5.74) is 0.184. The van der Waals surface area contributed by atoms with E-state index in [1.807, 2.05) is 12.1 Å². The molecule has 21 heavy (non-hydrogen) atoms. The van der Waals surface area contributed by atoms with Crippen molar-refractivity contribution in [1.82, 2.24) is 0 Å². The zero-order valence-corrected chi connectivity index (χ0v) is 15.1. The molecule has 0 saturated heterocycles. The molecule has 0 atom stereocenters. The highest BCUT2D eigenvalue weighted by atomic mass is 79.9. The van der Waals surface area contributed by atoms with E-state index in [1.54, 1.807) is 0 Å². The van der Waals surface area contributed by atoms with Gasteiger partial charge in [-0.25, -0.2) is 9.18 Å². The first-order chi connectivity index (χ1) is 9.88. The molecule has 7 heteroatoms. The zero-order valence-electron chi connectivity index (χ0n) is 10.4. The quantitative estimate of drug-likeness (QED) is 0.635. The van der Waals surface area contributed by atoms with Gasteiger partial charge in [-0.05, 0) is 61.7 Å². The van der Waals surface area contributed by atoms with Crippen molar-refractivity contribution in [3.05, 3.63) is 60.7 Å². The van der Waals surface area contributed by atoms with Gasteiger partial charge in [0.05, 0.1) is 14.5 Å². The number of ether oxygens (including phenoxy) is 1. The Morgan fingerprint density at radius 3 is 2.29 bits per heavy atom. The minimum atomic E-state index is -1.29. The van der Waals surface area contributed by atoms with E-state index in [-0.39, 0.29) is 12.2 Å². The Bertz CT molecular complexity index is 681. The van der Waals surface area contributed by atoms with E-state index in [0.29, 0.717) is 11.3 Å². The summed E-state index contributed by atoms with van der Waals surface area (Å²) in [5, 5.41) is 8.78. The molecule has 0 aliphatic carbocycles. The monoisotopic (exact) mass is 480 g/mol. The fourth-order valence-corrected chi connectivity index (χ4v) is 4.13. The van der Waals surface area contributed by atoms with Crippen molar-refractivity contribution in [2.24, 2.45) is 0 Å². The van der Waals surface area contributed by atoms with Gasteiger partial charge in [-0.3, -0.25) is 0 Å².